The van der Waals surface area contributed by atoms with Gasteiger partial charge in [-0.05, 0) is 49.2 Å². The number of nitrogens with zero attached hydrogens (tertiary/aromatic N) is 2. The van der Waals surface area contributed by atoms with Gasteiger partial charge in [0.05, 0.1) is 20.1 Å². The van der Waals surface area contributed by atoms with E-state index in [4.69, 9.17) is 9.47 Å². The van der Waals surface area contributed by atoms with Gasteiger partial charge in [-0.1, -0.05) is 12.1 Å². The Balaban J connectivity index is 1.93. The van der Waals surface area contributed by atoms with Crippen LogP contribution in [-0.4, -0.2) is 48.3 Å². The van der Waals surface area contributed by atoms with Crippen LogP contribution in [0.3, 0.4) is 0 Å². The fourth-order valence-corrected chi connectivity index (χ4v) is 3.73. The number of carboxylic acids is 1. The quantitative estimate of drug-likeness (QED) is 0.807. The molecular formula is C21H26N2O4. The first-order chi connectivity index (χ1) is 13.1. The minimum atomic E-state index is -0.719. The normalized spacial score (nSPS) is 18.7. The molecule has 1 saturated heterocycles. The first-order valence-electron chi connectivity index (χ1n) is 9.21. The number of piperidine rings is 1. The smallest absolute Gasteiger partial charge is 0.307 e. The summed E-state index contributed by atoms with van der Waals surface area (Å²) in [6.45, 7) is 1.41. The predicted octanol–water partition coefficient (Wildman–Crippen LogP) is 3.18. The average Bonchev–Trinajstić information content (AvgIpc) is 2.72. The topological polar surface area (TPSA) is 71.9 Å². The zero-order chi connectivity index (χ0) is 19.2. The Morgan fingerprint density at radius 2 is 2.07 bits per heavy atom. The van der Waals surface area contributed by atoms with Crippen LogP contribution in [-0.2, 0) is 11.2 Å². The number of likely N-dealkylation sites (tertiary alicyclic amines) is 1. The number of methoxy groups -OCH3 is 2. The Bertz CT molecular complexity index is 766. The SMILES string of the molecule is COc1ccc(C(Cc2ccccn2)N2CCCC(C(=O)O)C2)cc1OC. The van der Waals surface area contributed by atoms with Crippen molar-refractivity contribution in [2.24, 2.45) is 5.92 Å². The molecule has 144 valence electrons. The van der Waals surface area contributed by atoms with Crippen LogP contribution in [0.25, 0.3) is 0 Å². The zero-order valence-corrected chi connectivity index (χ0v) is 15.8. The van der Waals surface area contributed by atoms with Gasteiger partial charge in [0.25, 0.3) is 0 Å². The van der Waals surface area contributed by atoms with E-state index in [1.807, 2.05) is 36.4 Å². The van der Waals surface area contributed by atoms with Crippen molar-refractivity contribution in [2.45, 2.75) is 25.3 Å². The number of benzene rings is 1. The number of ether oxygens (including phenoxy) is 2. The van der Waals surface area contributed by atoms with Gasteiger partial charge >= 0.3 is 5.97 Å². The Morgan fingerprint density at radius 3 is 2.74 bits per heavy atom. The third kappa shape index (κ3) is 4.57. The summed E-state index contributed by atoms with van der Waals surface area (Å²) in [5.41, 5.74) is 2.05. The van der Waals surface area contributed by atoms with E-state index in [1.54, 1.807) is 20.4 Å². The number of pyridine rings is 1. The molecule has 0 bridgehead atoms. The van der Waals surface area contributed by atoms with Gasteiger partial charge in [-0.2, -0.15) is 0 Å². The number of rotatable bonds is 7. The summed E-state index contributed by atoms with van der Waals surface area (Å²) >= 11 is 0. The molecule has 0 radical (unpaired) electrons. The lowest BCUT2D eigenvalue weighted by Crippen LogP contribution is -2.41. The Kier molecular flexibility index (Phi) is 6.29. The Labute approximate surface area is 159 Å². The second-order valence-corrected chi connectivity index (χ2v) is 6.83. The van der Waals surface area contributed by atoms with E-state index in [0.29, 0.717) is 24.5 Å². The van der Waals surface area contributed by atoms with Gasteiger partial charge in [-0.3, -0.25) is 14.7 Å². The molecule has 1 N–H and O–H groups in total. The van der Waals surface area contributed by atoms with Crippen LogP contribution in [0.2, 0.25) is 0 Å². The molecule has 0 spiro atoms. The monoisotopic (exact) mass is 370 g/mol. The summed E-state index contributed by atoms with van der Waals surface area (Å²) in [6.07, 6.45) is 4.11. The molecule has 2 aromatic rings. The van der Waals surface area contributed by atoms with Crippen molar-refractivity contribution in [2.75, 3.05) is 27.3 Å². The molecule has 1 aliphatic rings. The molecule has 2 heterocycles. The van der Waals surface area contributed by atoms with E-state index >= 15 is 0 Å². The van der Waals surface area contributed by atoms with Crippen LogP contribution >= 0.6 is 0 Å². The highest BCUT2D eigenvalue weighted by Crippen LogP contribution is 2.35. The minimum Gasteiger partial charge on any atom is -0.493 e. The maximum absolute atomic E-state index is 11.5. The molecule has 1 aromatic carbocycles. The number of aliphatic carboxylic acids is 1. The molecule has 2 unspecified atom stereocenters. The lowest BCUT2D eigenvalue weighted by Gasteiger charge is -2.37. The second kappa shape index (κ2) is 8.86. The third-order valence-electron chi connectivity index (χ3n) is 5.16. The maximum Gasteiger partial charge on any atom is 0.307 e. The van der Waals surface area contributed by atoms with Gasteiger partial charge in [-0.25, -0.2) is 0 Å². The molecule has 0 amide bonds. The van der Waals surface area contributed by atoms with Crippen molar-refractivity contribution in [1.29, 1.82) is 0 Å². The number of hydrogen-bond donors (Lipinski definition) is 1. The lowest BCUT2D eigenvalue weighted by molar-refractivity contribution is -0.144. The van der Waals surface area contributed by atoms with Gasteiger partial charge < -0.3 is 14.6 Å². The van der Waals surface area contributed by atoms with E-state index < -0.39 is 5.97 Å². The van der Waals surface area contributed by atoms with Crippen molar-refractivity contribution < 1.29 is 19.4 Å². The van der Waals surface area contributed by atoms with Crippen molar-refractivity contribution in [3.63, 3.8) is 0 Å². The van der Waals surface area contributed by atoms with Crippen LogP contribution in [0.5, 0.6) is 11.5 Å². The molecule has 3 rings (SSSR count). The minimum absolute atomic E-state index is 0.0295. The van der Waals surface area contributed by atoms with Gasteiger partial charge in [0.15, 0.2) is 11.5 Å². The fraction of sp³-hybridized carbons (Fsp3) is 0.429. The molecule has 1 aromatic heterocycles. The highest BCUT2D eigenvalue weighted by molar-refractivity contribution is 5.70. The van der Waals surface area contributed by atoms with Crippen LogP contribution in [0.1, 0.15) is 30.1 Å². The Morgan fingerprint density at radius 1 is 1.26 bits per heavy atom. The van der Waals surface area contributed by atoms with E-state index in [2.05, 4.69) is 9.88 Å². The lowest BCUT2D eigenvalue weighted by atomic mass is 9.92. The first-order valence-corrected chi connectivity index (χ1v) is 9.21. The third-order valence-corrected chi connectivity index (χ3v) is 5.16. The van der Waals surface area contributed by atoms with E-state index in [-0.39, 0.29) is 12.0 Å². The summed E-state index contributed by atoms with van der Waals surface area (Å²) in [5, 5.41) is 9.47. The molecule has 0 saturated carbocycles. The summed E-state index contributed by atoms with van der Waals surface area (Å²) in [7, 11) is 3.24. The van der Waals surface area contributed by atoms with Crippen LogP contribution < -0.4 is 9.47 Å². The molecule has 6 nitrogen and oxygen atoms in total. The van der Waals surface area contributed by atoms with Crippen molar-refractivity contribution in [3.05, 3.63) is 53.9 Å². The molecule has 2 atom stereocenters. The van der Waals surface area contributed by atoms with Crippen LogP contribution in [0.4, 0.5) is 0 Å². The number of aromatic nitrogens is 1. The van der Waals surface area contributed by atoms with E-state index in [1.165, 1.54) is 0 Å². The second-order valence-electron chi connectivity index (χ2n) is 6.83. The number of carbonyl (C=O) groups is 1. The summed E-state index contributed by atoms with van der Waals surface area (Å²) in [5.74, 6) is 0.307. The molecule has 1 aliphatic heterocycles. The highest BCUT2D eigenvalue weighted by Gasteiger charge is 2.31. The van der Waals surface area contributed by atoms with Crippen molar-refractivity contribution >= 4 is 5.97 Å². The zero-order valence-electron chi connectivity index (χ0n) is 15.8. The highest BCUT2D eigenvalue weighted by atomic mass is 16.5. The van der Waals surface area contributed by atoms with Crippen LogP contribution in [0.15, 0.2) is 42.6 Å². The molecular weight excluding hydrogens is 344 g/mol. The van der Waals surface area contributed by atoms with Gasteiger partial charge in [0.1, 0.15) is 0 Å². The molecule has 1 fully saturated rings. The van der Waals surface area contributed by atoms with Gasteiger partial charge in [0.2, 0.25) is 0 Å². The number of carboxylic acid groups (broad SMARTS) is 1. The predicted molar refractivity (Wildman–Crippen MR) is 102 cm³/mol. The fourth-order valence-electron chi connectivity index (χ4n) is 3.73. The molecule has 0 aliphatic carbocycles. The number of hydrogen-bond acceptors (Lipinski definition) is 5. The van der Waals surface area contributed by atoms with E-state index in [0.717, 1.165) is 30.6 Å². The Hall–Kier alpha value is -2.60. The summed E-state index contributed by atoms with van der Waals surface area (Å²) in [6, 6.07) is 11.8. The summed E-state index contributed by atoms with van der Waals surface area (Å²) < 4.78 is 10.8. The largest absolute Gasteiger partial charge is 0.493 e. The van der Waals surface area contributed by atoms with Crippen LogP contribution in [0, 0.1) is 5.92 Å². The molecule has 6 heteroatoms. The average molecular weight is 370 g/mol. The molecule has 27 heavy (non-hydrogen) atoms. The summed E-state index contributed by atoms with van der Waals surface area (Å²) in [4.78, 5) is 18.3. The van der Waals surface area contributed by atoms with Crippen molar-refractivity contribution in [1.82, 2.24) is 9.88 Å². The van der Waals surface area contributed by atoms with E-state index in [9.17, 15) is 9.90 Å². The standard InChI is InChI=1S/C21H26N2O4/c1-26-19-9-8-15(12-20(19)27-2)18(13-17-7-3-4-10-22-17)23-11-5-6-16(14-23)21(24)25/h3-4,7-10,12,16,18H,5-6,11,13-14H2,1-2H3,(H,24,25). The maximum atomic E-state index is 11.5. The van der Waals surface area contributed by atoms with Gasteiger partial charge in [-0.15, -0.1) is 0 Å². The van der Waals surface area contributed by atoms with Crippen molar-refractivity contribution in [3.8, 4) is 11.5 Å². The first kappa shape index (κ1) is 19.2. The van der Waals surface area contributed by atoms with Gasteiger partial charge in [0, 0.05) is 30.9 Å².